The smallest absolute Gasteiger partial charge is 0.253 e. The zero-order valence-electron chi connectivity index (χ0n) is 10.9. The summed E-state index contributed by atoms with van der Waals surface area (Å²) in [5, 5.41) is 0. The maximum Gasteiger partial charge on any atom is 0.253 e. The molecular formula is C14H21N3O. The molecule has 4 nitrogen and oxygen atoms in total. The summed E-state index contributed by atoms with van der Waals surface area (Å²) in [5.74, 6) is 6.12. The summed E-state index contributed by atoms with van der Waals surface area (Å²) in [7, 11) is 0. The molecule has 1 atom stereocenters. The lowest BCUT2D eigenvalue weighted by atomic mass is 10.0. The van der Waals surface area contributed by atoms with Crippen molar-refractivity contribution < 1.29 is 4.79 Å². The Bertz CT molecular complexity index is 402. The van der Waals surface area contributed by atoms with Gasteiger partial charge in [-0.15, -0.1) is 0 Å². The first-order valence-electron chi connectivity index (χ1n) is 6.60. The summed E-state index contributed by atoms with van der Waals surface area (Å²) in [6, 6.07) is 7.30. The topological polar surface area (TPSA) is 58.4 Å². The number of carbonyl (C=O) groups is 1. The Morgan fingerprint density at radius 3 is 2.78 bits per heavy atom. The van der Waals surface area contributed by atoms with Gasteiger partial charge in [0.1, 0.15) is 0 Å². The molecule has 18 heavy (non-hydrogen) atoms. The second kappa shape index (κ2) is 5.87. The molecule has 3 N–H and O–H groups in total. The van der Waals surface area contributed by atoms with Crippen LogP contribution < -0.4 is 11.3 Å². The van der Waals surface area contributed by atoms with E-state index in [1.165, 1.54) is 12.8 Å². The number of benzene rings is 1. The zero-order valence-corrected chi connectivity index (χ0v) is 10.9. The van der Waals surface area contributed by atoms with Gasteiger partial charge < -0.3 is 10.3 Å². The third-order valence-corrected chi connectivity index (χ3v) is 3.57. The fourth-order valence-electron chi connectivity index (χ4n) is 2.55. The van der Waals surface area contributed by atoms with E-state index < -0.39 is 0 Å². The summed E-state index contributed by atoms with van der Waals surface area (Å²) < 4.78 is 0. The zero-order chi connectivity index (χ0) is 13.0. The number of carbonyl (C=O) groups excluding carboxylic acids is 1. The van der Waals surface area contributed by atoms with Crippen LogP contribution in [0, 0.1) is 5.92 Å². The molecule has 0 spiro atoms. The van der Waals surface area contributed by atoms with E-state index in [1.54, 1.807) is 0 Å². The Kier molecular flexibility index (Phi) is 4.20. The lowest BCUT2D eigenvalue weighted by Gasteiger charge is -2.16. The summed E-state index contributed by atoms with van der Waals surface area (Å²) in [5.41, 5.74) is 4.12. The van der Waals surface area contributed by atoms with Crippen molar-refractivity contribution in [1.29, 1.82) is 0 Å². The van der Waals surface area contributed by atoms with Crippen LogP contribution in [-0.4, -0.2) is 23.9 Å². The number of hydrogen-bond donors (Lipinski definition) is 2. The second-order valence-electron chi connectivity index (χ2n) is 4.92. The van der Waals surface area contributed by atoms with Gasteiger partial charge in [-0.25, -0.2) is 0 Å². The summed E-state index contributed by atoms with van der Waals surface area (Å²) in [6.07, 6.45) is 3.56. The van der Waals surface area contributed by atoms with Crippen LogP contribution in [0.2, 0.25) is 0 Å². The number of hydrazine groups is 1. The van der Waals surface area contributed by atoms with Crippen molar-refractivity contribution in [2.75, 3.05) is 18.5 Å². The molecule has 0 aliphatic carbocycles. The van der Waals surface area contributed by atoms with E-state index in [4.69, 9.17) is 5.84 Å². The van der Waals surface area contributed by atoms with Crippen LogP contribution in [0.1, 0.15) is 36.5 Å². The molecule has 1 aromatic carbocycles. The molecule has 1 aliphatic heterocycles. The van der Waals surface area contributed by atoms with Crippen LogP contribution in [0.5, 0.6) is 0 Å². The Balaban J connectivity index is 1.98. The first kappa shape index (κ1) is 12.9. The molecule has 1 aliphatic rings. The number of nitrogen functional groups attached to an aromatic ring is 1. The summed E-state index contributed by atoms with van der Waals surface area (Å²) >= 11 is 0. The maximum absolute atomic E-state index is 12.3. The van der Waals surface area contributed by atoms with Crippen molar-refractivity contribution in [3.8, 4) is 0 Å². The first-order valence-corrected chi connectivity index (χ1v) is 6.60. The van der Waals surface area contributed by atoms with E-state index >= 15 is 0 Å². The molecule has 1 saturated heterocycles. The molecule has 4 heteroatoms. The highest BCUT2D eigenvalue weighted by Gasteiger charge is 2.26. The van der Waals surface area contributed by atoms with Crippen LogP contribution in [0.4, 0.5) is 5.69 Å². The van der Waals surface area contributed by atoms with Gasteiger partial charge in [0.05, 0.1) is 0 Å². The number of anilines is 1. The molecule has 1 unspecified atom stereocenters. The Hall–Kier alpha value is -1.55. The van der Waals surface area contributed by atoms with Crippen molar-refractivity contribution in [2.45, 2.75) is 26.2 Å². The predicted molar refractivity (Wildman–Crippen MR) is 73.2 cm³/mol. The number of nitrogens with one attached hydrogen (secondary N) is 1. The number of nitrogens with zero attached hydrogens (tertiary/aromatic N) is 1. The molecular weight excluding hydrogens is 226 g/mol. The monoisotopic (exact) mass is 247 g/mol. The third kappa shape index (κ3) is 2.82. The molecule has 1 aromatic rings. The predicted octanol–water partition coefficient (Wildman–Crippen LogP) is 2.23. The van der Waals surface area contributed by atoms with Gasteiger partial charge in [0.25, 0.3) is 5.91 Å². The van der Waals surface area contributed by atoms with Crippen molar-refractivity contribution >= 4 is 11.6 Å². The molecule has 1 amide bonds. The Morgan fingerprint density at radius 2 is 2.17 bits per heavy atom. The molecule has 0 aromatic heterocycles. The molecule has 1 fully saturated rings. The van der Waals surface area contributed by atoms with Crippen molar-refractivity contribution in [3.63, 3.8) is 0 Å². The van der Waals surface area contributed by atoms with E-state index in [0.717, 1.165) is 30.8 Å². The van der Waals surface area contributed by atoms with Crippen LogP contribution >= 0.6 is 0 Å². The van der Waals surface area contributed by atoms with E-state index in [9.17, 15) is 4.79 Å². The van der Waals surface area contributed by atoms with Crippen molar-refractivity contribution in [2.24, 2.45) is 11.8 Å². The second-order valence-corrected chi connectivity index (χ2v) is 4.92. The Morgan fingerprint density at radius 1 is 1.44 bits per heavy atom. The summed E-state index contributed by atoms with van der Waals surface area (Å²) in [4.78, 5) is 14.2. The fourth-order valence-corrected chi connectivity index (χ4v) is 2.55. The van der Waals surface area contributed by atoms with Gasteiger partial charge in [-0.1, -0.05) is 13.3 Å². The highest BCUT2D eigenvalue weighted by atomic mass is 16.2. The number of nitrogens with two attached hydrogens (primary N) is 1. The fraction of sp³-hybridized carbons (Fsp3) is 0.500. The molecule has 2 rings (SSSR count). The molecule has 1 heterocycles. The van der Waals surface area contributed by atoms with Crippen LogP contribution in [-0.2, 0) is 0 Å². The summed E-state index contributed by atoms with van der Waals surface area (Å²) in [6.45, 7) is 3.99. The number of rotatable bonds is 4. The van der Waals surface area contributed by atoms with Gasteiger partial charge in [0.2, 0.25) is 0 Å². The number of amides is 1. The van der Waals surface area contributed by atoms with E-state index in [-0.39, 0.29) is 5.91 Å². The normalized spacial score (nSPS) is 19.0. The van der Waals surface area contributed by atoms with E-state index in [2.05, 4.69) is 12.3 Å². The average Bonchev–Trinajstić information content (AvgIpc) is 2.87. The largest absolute Gasteiger partial charge is 0.338 e. The van der Waals surface area contributed by atoms with Gasteiger partial charge in [0, 0.05) is 24.3 Å². The van der Waals surface area contributed by atoms with Gasteiger partial charge in [-0.2, -0.15) is 0 Å². The van der Waals surface area contributed by atoms with Crippen molar-refractivity contribution in [3.05, 3.63) is 29.8 Å². The molecule has 0 bridgehead atoms. The minimum absolute atomic E-state index is 0.136. The number of hydrogen-bond acceptors (Lipinski definition) is 3. The van der Waals surface area contributed by atoms with Gasteiger partial charge in [0.15, 0.2) is 0 Å². The minimum Gasteiger partial charge on any atom is -0.338 e. The van der Waals surface area contributed by atoms with Gasteiger partial charge in [-0.3, -0.25) is 10.6 Å². The van der Waals surface area contributed by atoms with E-state index in [1.807, 2.05) is 29.2 Å². The highest BCUT2D eigenvalue weighted by molar-refractivity contribution is 5.94. The minimum atomic E-state index is 0.136. The standard InChI is InChI=1S/C14H21N3O/c1-2-3-11-8-9-17(10-11)14(18)12-4-6-13(16-15)7-5-12/h4-7,11,16H,2-3,8-10,15H2,1H3. The lowest BCUT2D eigenvalue weighted by molar-refractivity contribution is 0.0786. The van der Waals surface area contributed by atoms with Crippen LogP contribution in [0.25, 0.3) is 0 Å². The van der Waals surface area contributed by atoms with Gasteiger partial charge >= 0.3 is 0 Å². The third-order valence-electron chi connectivity index (χ3n) is 3.57. The first-order chi connectivity index (χ1) is 8.74. The van der Waals surface area contributed by atoms with Crippen LogP contribution in [0.15, 0.2) is 24.3 Å². The van der Waals surface area contributed by atoms with Gasteiger partial charge in [-0.05, 0) is 43.0 Å². The Labute approximate surface area is 108 Å². The average molecular weight is 247 g/mol. The maximum atomic E-state index is 12.3. The van der Waals surface area contributed by atoms with Crippen LogP contribution in [0.3, 0.4) is 0 Å². The molecule has 0 saturated carbocycles. The molecule has 98 valence electrons. The van der Waals surface area contributed by atoms with E-state index in [0.29, 0.717) is 5.92 Å². The highest BCUT2D eigenvalue weighted by Crippen LogP contribution is 2.22. The molecule has 0 radical (unpaired) electrons. The SMILES string of the molecule is CCCC1CCN(C(=O)c2ccc(NN)cc2)C1. The quantitative estimate of drug-likeness (QED) is 0.633. The van der Waals surface area contributed by atoms with Crippen molar-refractivity contribution in [1.82, 2.24) is 4.90 Å². The number of likely N-dealkylation sites (tertiary alicyclic amines) is 1. The lowest BCUT2D eigenvalue weighted by Crippen LogP contribution is -2.28.